The van der Waals surface area contributed by atoms with Crippen molar-refractivity contribution >= 4 is 15.9 Å². The van der Waals surface area contributed by atoms with Crippen LogP contribution in [0.2, 0.25) is 0 Å². The molecule has 1 aliphatic carbocycles. The Bertz CT molecular complexity index is 576. The zero-order valence-corrected chi connectivity index (χ0v) is 18.5. The molecule has 7 nitrogen and oxygen atoms in total. The number of likely N-dealkylation sites (N-methyl/N-ethyl adjacent to an activating group) is 1. The third-order valence-corrected chi connectivity index (χ3v) is 8.39. The van der Waals surface area contributed by atoms with Crippen LogP contribution in [-0.2, 0) is 14.2 Å². The summed E-state index contributed by atoms with van der Waals surface area (Å²) >= 11 is 3.91. The number of hydrogen-bond donors (Lipinski definition) is 2. The summed E-state index contributed by atoms with van der Waals surface area (Å²) in [5.74, 6) is 0.376. The Balaban J connectivity index is 1.32. The molecule has 8 heteroatoms. The Morgan fingerprint density at radius 1 is 1.36 bits per heavy atom. The molecule has 5 unspecified atom stereocenters. The largest absolute Gasteiger partial charge is 0.383 e. The maximum Gasteiger partial charge on any atom is 0.144 e. The quantitative estimate of drug-likeness (QED) is 0.557. The minimum absolute atomic E-state index is 0.00409. The van der Waals surface area contributed by atoms with Crippen LogP contribution in [0.1, 0.15) is 32.1 Å². The number of methoxy groups -OCH3 is 1. The number of piperidine rings is 1. The van der Waals surface area contributed by atoms with Crippen molar-refractivity contribution in [2.45, 2.75) is 66.4 Å². The molecule has 0 aromatic heterocycles. The first-order valence-corrected chi connectivity index (χ1v) is 11.4. The highest BCUT2D eigenvalue weighted by molar-refractivity contribution is 9.09. The summed E-state index contributed by atoms with van der Waals surface area (Å²) in [6.07, 6.45) is 5.36. The second-order valence-electron chi connectivity index (χ2n) is 9.15. The monoisotopic (exact) mass is 456 g/mol. The molecule has 0 aromatic rings. The van der Waals surface area contributed by atoms with E-state index in [2.05, 4.69) is 44.6 Å². The molecule has 0 radical (unpaired) electrons. The Kier molecular flexibility index (Phi) is 6.34. The van der Waals surface area contributed by atoms with Gasteiger partial charge >= 0.3 is 0 Å². The average Bonchev–Trinajstić information content (AvgIpc) is 3.14. The molecule has 158 valence electrons. The molecule has 5 atom stereocenters. The molecule has 4 saturated heterocycles. The number of hydrogen-bond acceptors (Lipinski definition) is 7. The lowest BCUT2D eigenvalue weighted by Crippen LogP contribution is -2.70. The molecule has 0 aromatic carbocycles. The average molecular weight is 457 g/mol. The minimum atomic E-state index is -0.267. The fourth-order valence-corrected chi connectivity index (χ4v) is 6.29. The highest BCUT2D eigenvalue weighted by atomic mass is 79.9. The van der Waals surface area contributed by atoms with Crippen molar-refractivity contribution in [3.8, 4) is 6.07 Å². The molecule has 1 saturated carbocycles. The van der Waals surface area contributed by atoms with Crippen molar-refractivity contribution in [3.05, 3.63) is 0 Å². The van der Waals surface area contributed by atoms with Gasteiger partial charge in [-0.3, -0.25) is 10.6 Å². The molecule has 5 fully saturated rings. The van der Waals surface area contributed by atoms with Crippen LogP contribution in [0, 0.1) is 17.2 Å². The van der Waals surface area contributed by atoms with Crippen molar-refractivity contribution in [1.82, 2.24) is 15.5 Å². The summed E-state index contributed by atoms with van der Waals surface area (Å²) in [7, 11) is 3.91. The van der Waals surface area contributed by atoms with E-state index in [0.717, 1.165) is 65.0 Å². The van der Waals surface area contributed by atoms with Crippen molar-refractivity contribution in [3.63, 3.8) is 0 Å². The van der Waals surface area contributed by atoms with Gasteiger partial charge in [0, 0.05) is 43.0 Å². The van der Waals surface area contributed by atoms with E-state index in [1.165, 1.54) is 0 Å². The van der Waals surface area contributed by atoms with Gasteiger partial charge in [0.05, 0.1) is 37.2 Å². The molecular weight excluding hydrogens is 424 g/mol. The van der Waals surface area contributed by atoms with Gasteiger partial charge in [0.1, 0.15) is 6.10 Å². The standard InChI is InChI=1S/C20H33BrN4O3/c1-25(7-8-26-2)12-20-5-3-19(4-6-20,13-27-20)24-18-17(21)15-9-14(10-22)28-16(15)11-23-18/h14-18,23-24H,3-9,11-13H2,1-2H3. The number of fused-ring (bicyclic) bond motifs is 4. The zero-order chi connectivity index (χ0) is 19.8. The van der Waals surface area contributed by atoms with Crippen molar-refractivity contribution in [1.29, 1.82) is 5.26 Å². The number of halogens is 1. The molecule has 28 heavy (non-hydrogen) atoms. The van der Waals surface area contributed by atoms with E-state index in [1.54, 1.807) is 7.11 Å². The summed E-state index contributed by atoms with van der Waals surface area (Å²) < 4.78 is 17.5. The third-order valence-electron chi connectivity index (χ3n) is 7.18. The number of alkyl halides is 1. The first kappa shape index (κ1) is 21.0. The van der Waals surface area contributed by atoms with Gasteiger partial charge in [-0.25, -0.2) is 0 Å². The first-order valence-electron chi connectivity index (χ1n) is 10.5. The van der Waals surface area contributed by atoms with Crippen LogP contribution in [0.25, 0.3) is 0 Å². The molecular formula is C20H33BrN4O3. The first-order chi connectivity index (χ1) is 13.5. The predicted octanol–water partition coefficient (Wildman–Crippen LogP) is 1.23. The third kappa shape index (κ3) is 4.13. The number of nitrogens with zero attached hydrogens (tertiary/aromatic N) is 2. The van der Waals surface area contributed by atoms with Crippen LogP contribution in [0.5, 0.6) is 0 Å². The predicted molar refractivity (Wildman–Crippen MR) is 109 cm³/mol. The van der Waals surface area contributed by atoms with Crippen LogP contribution in [0.15, 0.2) is 0 Å². The van der Waals surface area contributed by atoms with Gasteiger partial charge in [-0.1, -0.05) is 15.9 Å². The molecule has 2 bridgehead atoms. The topological polar surface area (TPSA) is 78.8 Å². The molecule has 2 N–H and O–H groups in total. The summed E-state index contributed by atoms with van der Waals surface area (Å²) in [4.78, 5) is 2.59. The lowest BCUT2D eigenvalue weighted by Gasteiger charge is -2.56. The highest BCUT2D eigenvalue weighted by Gasteiger charge is 2.53. The van der Waals surface area contributed by atoms with Crippen molar-refractivity contribution in [2.24, 2.45) is 5.92 Å². The Morgan fingerprint density at radius 2 is 2.14 bits per heavy atom. The van der Waals surface area contributed by atoms with Gasteiger partial charge in [0.2, 0.25) is 0 Å². The van der Waals surface area contributed by atoms with Crippen LogP contribution in [0.3, 0.4) is 0 Å². The smallest absolute Gasteiger partial charge is 0.144 e. The molecule has 5 aliphatic rings. The van der Waals surface area contributed by atoms with Gasteiger partial charge in [-0.05, 0) is 39.2 Å². The van der Waals surface area contributed by atoms with Crippen LogP contribution >= 0.6 is 15.9 Å². The van der Waals surface area contributed by atoms with Gasteiger partial charge in [0.25, 0.3) is 0 Å². The Morgan fingerprint density at radius 3 is 2.79 bits per heavy atom. The number of ether oxygens (including phenoxy) is 3. The summed E-state index contributed by atoms with van der Waals surface area (Å²) in [6.45, 7) is 4.25. The van der Waals surface area contributed by atoms with E-state index in [-0.39, 0.29) is 34.3 Å². The zero-order valence-electron chi connectivity index (χ0n) is 17.0. The van der Waals surface area contributed by atoms with Crippen molar-refractivity contribution in [2.75, 3.05) is 47.0 Å². The van der Waals surface area contributed by atoms with E-state index < -0.39 is 0 Å². The Labute approximate surface area is 176 Å². The minimum Gasteiger partial charge on any atom is -0.383 e. The Hall–Kier alpha value is -0.270. The number of rotatable bonds is 7. The van der Waals surface area contributed by atoms with E-state index in [1.807, 2.05) is 0 Å². The summed E-state index contributed by atoms with van der Waals surface area (Å²) in [5.41, 5.74) is 0.0571. The fraction of sp³-hybridized carbons (Fsp3) is 0.950. The van der Waals surface area contributed by atoms with Crippen LogP contribution < -0.4 is 10.6 Å². The summed E-state index contributed by atoms with van der Waals surface area (Å²) in [5, 5.41) is 16.7. The maximum atomic E-state index is 9.19. The molecule has 5 rings (SSSR count). The van der Waals surface area contributed by atoms with Gasteiger partial charge in [-0.15, -0.1) is 0 Å². The lowest BCUT2D eigenvalue weighted by atomic mass is 9.70. The van der Waals surface area contributed by atoms with Gasteiger partial charge < -0.3 is 19.1 Å². The molecule has 4 heterocycles. The van der Waals surface area contributed by atoms with Crippen LogP contribution in [-0.4, -0.2) is 86.2 Å². The van der Waals surface area contributed by atoms with Gasteiger partial charge in [-0.2, -0.15) is 5.26 Å². The van der Waals surface area contributed by atoms with E-state index in [4.69, 9.17) is 14.2 Å². The maximum absolute atomic E-state index is 9.19. The number of nitrogens with one attached hydrogen (secondary N) is 2. The molecule has 0 amide bonds. The SMILES string of the molecule is COCCN(C)CC12CCC(NC3NCC4OC(C#N)CC4C3Br)(CC1)CO2. The van der Waals surface area contributed by atoms with E-state index in [9.17, 15) is 5.26 Å². The second kappa shape index (κ2) is 8.46. The number of nitriles is 1. The van der Waals surface area contributed by atoms with Gasteiger partial charge in [0.15, 0.2) is 0 Å². The summed E-state index contributed by atoms with van der Waals surface area (Å²) in [6, 6.07) is 2.27. The second-order valence-corrected chi connectivity index (χ2v) is 10.2. The molecule has 4 aliphatic heterocycles. The highest BCUT2D eigenvalue weighted by Crippen LogP contribution is 2.45. The fourth-order valence-electron chi connectivity index (χ4n) is 5.42. The van der Waals surface area contributed by atoms with E-state index in [0.29, 0.717) is 5.92 Å². The lowest BCUT2D eigenvalue weighted by molar-refractivity contribution is -0.173. The normalized spacial score (nSPS) is 45.2. The van der Waals surface area contributed by atoms with E-state index >= 15 is 0 Å². The van der Waals surface area contributed by atoms with Crippen molar-refractivity contribution < 1.29 is 14.2 Å². The van der Waals surface area contributed by atoms with Crippen LogP contribution in [0.4, 0.5) is 0 Å². The molecule has 0 spiro atoms.